The highest BCUT2D eigenvalue weighted by molar-refractivity contribution is 6.06. The number of hydrogen-bond acceptors (Lipinski definition) is 2. The van der Waals surface area contributed by atoms with Crippen LogP contribution in [0, 0.1) is 13.8 Å². The smallest absolute Gasteiger partial charge is 0.256 e. The van der Waals surface area contributed by atoms with Gasteiger partial charge in [0.1, 0.15) is 11.6 Å². The van der Waals surface area contributed by atoms with E-state index in [1.54, 1.807) is 0 Å². The van der Waals surface area contributed by atoms with E-state index in [0.717, 1.165) is 46.6 Å². The molecule has 30 heavy (non-hydrogen) atoms. The van der Waals surface area contributed by atoms with Crippen LogP contribution in [0.4, 0.5) is 5.82 Å². The van der Waals surface area contributed by atoms with Gasteiger partial charge in [-0.3, -0.25) is 4.79 Å². The summed E-state index contributed by atoms with van der Waals surface area (Å²) < 4.78 is 2.34. The lowest BCUT2D eigenvalue weighted by atomic mass is 10.1. The molecule has 5 nitrogen and oxygen atoms in total. The van der Waals surface area contributed by atoms with Gasteiger partial charge in [0.15, 0.2) is 0 Å². The normalized spacial score (nSPS) is 14.5. The summed E-state index contributed by atoms with van der Waals surface area (Å²) in [4.78, 5) is 21.4. The fraction of sp³-hybridized carbons (Fsp3) is 0.280. The fourth-order valence-corrected chi connectivity index (χ4v) is 4.70. The van der Waals surface area contributed by atoms with Crippen LogP contribution in [0.5, 0.6) is 0 Å². The minimum absolute atomic E-state index is 0.0929. The van der Waals surface area contributed by atoms with Crippen LogP contribution in [-0.4, -0.2) is 20.4 Å². The van der Waals surface area contributed by atoms with Crippen LogP contribution in [0.2, 0.25) is 0 Å². The highest BCUT2D eigenvalue weighted by Gasteiger charge is 2.28. The predicted molar refractivity (Wildman–Crippen MR) is 121 cm³/mol. The molecule has 0 saturated heterocycles. The van der Waals surface area contributed by atoms with Gasteiger partial charge in [0, 0.05) is 17.3 Å². The number of imidazole rings is 1. The molecule has 2 N–H and O–H groups in total. The number of hydrogen-bond donors (Lipinski definition) is 2. The van der Waals surface area contributed by atoms with E-state index in [-0.39, 0.29) is 5.91 Å². The Balaban J connectivity index is 1.67. The Kier molecular flexibility index (Phi) is 4.66. The Morgan fingerprint density at radius 1 is 1.03 bits per heavy atom. The van der Waals surface area contributed by atoms with Crippen molar-refractivity contribution in [1.29, 1.82) is 0 Å². The summed E-state index contributed by atoms with van der Waals surface area (Å²) in [6.07, 6.45) is 4.74. The SMILES string of the molecule is Cc1c(-c2nc3ccccc3[nH]2)c(NC(=O)c2ccccc2)n(C2CCCC2)c1C. The van der Waals surface area contributed by atoms with E-state index >= 15 is 0 Å². The Labute approximate surface area is 176 Å². The van der Waals surface area contributed by atoms with Crippen molar-refractivity contribution in [3.63, 3.8) is 0 Å². The molecule has 1 saturated carbocycles. The summed E-state index contributed by atoms with van der Waals surface area (Å²) in [5, 5.41) is 3.24. The third-order valence-electron chi connectivity index (χ3n) is 6.34. The zero-order valence-electron chi connectivity index (χ0n) is 17.4. The zero-order valence-corrected chi connectivity index (χ0v) is 17.4. The number of nitrogens with zero attached hydrogens (tertiary/aromatic N) is 2. The van der Waals surface area contributed by atoms with Gasteiger partial charge in [-0.2, -0.15) is 0 Å². The lowest BCUT2D eigenvalue weighted by Gasteiger charge is -2.19. The van der Waals surface area contributed by atoms with Crippen molar-refractivity contribution < 1.29 is 4.79 Å². The first kappa shape index (κ1) is 18.7. The van der Waals surface area contributed by atoms with Gasteiger partial charge in [0.25, 0.3) is 5.91 Å². The second-order valence-corrected chi connectivity index (χ2v) is 8.17. The van der Waals surface area contributed by atoms with Gasteiger partial charge in [-0.1, -0.05) is 43.2 Å². The van der Waals surface area contributed by atoms with E-state index in [9.17, 15) is 4.79 Å². The number of rotatable bonds is 4. The van der Waals surface area contributed by atoms with Crippen LogP contribution in [0.1, 0.15) is 53.3 Å². The molecule has 5 rings (SSSR count). The van der Waals surface area contributed by atoms with Crippen molar-refractivity contribution in [2.75, 3.05) is 5.32 Å². The number of H-pyrrole nitrogens is 1. The molecule has 2 aromatic heterocycles. The maximum absolute atomic E-state index is 13.1. The van der Waals surface area contributed by atoms with Crippen LogP contribution in [-0.2, 0) is 0 Å². The van der Waals surface area contributed by atoms with E-state index in [0.29, 0.717) is 11.6 Å². The highest BCUT2D eigenvalue weighted by Crippen LogP contribution is 2.42. The third kappa shape index (κ3) is 3.11. The molecule has 0 bridgehead atoms. The van der Waals surface area contributed by atoms with Gasteiger partial charge >= 0.3 is 0 Å². The first-order chi connectivity index (χ1) is 14.6. The van der Waals surface area contributed by atoms with Gasteiger partial charge in [-0.05, 0) is 56.5 Å². The molecule has 1 amide bonds. The Hall–Kier alpha value is -3.34. The van der Waals surface area contributed by atoms with E-state index in [1.807, 2.05) is 54.6 Å². The van der Waals surface area contributed by atoms with Crippen LogP contribution in [0.15, 0.2) is 54.6 Å². The zero-order chi connectivity index (χ0) is 20.7. The number of aromatic amines is 1. The summed E-state index contributed by atoms with van der Waals surface area (Å²) in [6.45, 7) is 4.28. The molecule has 1 aliphatic carbocycles. The van der Waals surface area contributed by atoms with E-state index < -0.39 is 0 Å². The van der Waals surface area contributed by atoms with Crippen LogP contribution >= 0.6 is 0 Å². The number of nitrogens with one attached hydrogen (secondary N) is 2. The quantitative estimate of drug-likeness (QED) is 0.442. The van der Waals surface area contributed by atoms with Gasteiger partial charge < -0.3 is 14.9 Å². The first-order valence-electron chi connectivity index (χ1n) is 10.7. The van der Waals surface area contributed by atoms with Crippen molar-refractivity contribution >= 4 is 22.8 Å². The van der Waals surface area contributed by atoms with Crippen molar-refractivity contribution in [2.24, 2.45) is 0 Å². The van der Waals surface area contributed by atoms with Crippen molar-refractivity contribution in [3.8, 4) is 11.4 Å². The van der Waals surface area contributed by atoms with Gasteiger partial charge in [-0.25, -0.2) is 4.98 Å². The van der Waals surface area contributed by atoms with Crippen molar-refractivity contribution in [1.82, 2.24) is 14.5 Å². The summed E-state index contributed by atoms with van der Waals surface area (Å²) in [7, 11) is 0. The summed E-state index contributed by atoms with van der Waals surface area (Å²) in [5.74, 6) is 1.56. The highest BCUT2D eigenvalue weighted by atomic mass is 16.1. The molecular weight excluding hydrogens is 372 g/mol. The van der Waals surface area contributed by atoms with Crippen molar-refractivity contribution in [3.05, 3.63) is 71.4 Å². The number of aromatic nitrogens is 3. The average molecular weight is 399 g/mol. The first-order valence-corrected chi connectivity index (χ1v) is 10.7. The summed E-state index contributed by atoms with van der Waals surface area (Å²) in [6, 6.07) is 17.8. The Bertz CT molecular complexity index is 1180. The van der Waals surface area contributed by atoms with Crippen LogP contribution in [0.25, 0.3) is 22.4 Å². The molecule has 0 radical (unpaired) electrons. The second-order valence-electron chi connectivity index (χ2n) is 8.17. The molecule has 152 valence electrons. The molecule has 0 spiro atoms. The molecule has 1 aliphatic rings. The lowest BCUT2D eigenvalue weighted by Crippen LogP contribution is -2.18. The summed E-state index contributed by atoms with van der Waals surface area (Å²) in [5.41, 5.74) is 5.92. The number of anilines is 1. The van der Waals surface area contributed by atoms with Gasteiger partial charge in [0.2, 0.25) is 0 Å². The number of para-hydroxylation sites is 2. The van der Waals surface area contributed by atoms with E-state index in [1.165, 1.54) is 18.5 Å². The lowest BCUT2D eigenvalue weighted by molar-refractivity contribution is 0.102. The molecule has 2 heterocycles. The van der Waals surface area contributed by atoms with Gasteiger partial charge in [0.05, 0.1) is 16.6 Å². The third-order valence-corrected chi connectivity index (χ3v) is 6.34. The topological polar surface area (TPSA) is 62.7 Å². The van der Waals surface area contributed by atoms with Crippen LogP contribution < -0.4 is 5.32 Å². The number of carbonyl (C=O) groups is 1. The molecule has 4 aromatic rings. The molecule has 1 fully saturated rings. The largest absolute Gasteiger partial charge is 0.338 e. The van der Waals surface area contributed by atoms with Crippen LogP contribution in [0.3, 0.4) is 0 Å². The Morgan fingerprint density at radius 2 is 1.73 bits per heavy atom. The van der Waals surface area contributed by atoms with E-state index in [4.69, 9.17) is 4.98 Å². The predicted octanol–water partition coefficient (Wildman–Crippen LogP) is 6.02. The standard InChI is InChI=1S/C25H26N4O/c1-16-17(2)29(19-12-6-7-13-19)24(28-25(30)18-10-4-3-5-11-18)22(16)23-26-20-14-8-9-15-21(20)27-23/h3-5,8-11,14-15,19H,6-7,12-13H2,1-2H3,(H,26,27)(H,28,30). The summed E-state index contributed by atoms with van der Waals surface area (Å²) >= 11 is 0. The maximum Gasteiger partial charge on any atom is 0.256 e. The maximum atomic E-state index is 13.1. The fourth-order valence-electron chi connectivity index (χ4n) is 4.70. The number of carbonyl (C=O) groups excluding carboxylic acids is 1. The molecule has 0 atom stereocenters. The molecule has 2 aromatic carbocycles. The van der Waals surface area contributed by atoms with Gasteiger partial charge in [-0.15, -0.1) is 0 Å². The molecular formula is C25H26N4O. The minimum Gasteiger partial charge on any atom is -0.338 e. The molecule has 0 aliphatic heterocycles. The molecule has 5 heteroatoms. The monoisotopic (exact) mass is 398 g/mol. The number of amides is 1. The number of fused-ring (bicyclic) bond motifs is 1. The minimum atomic E-state index is -0.0929. The number of benzene rings is 2. The Morgan fingerprint density at radius 3 is 2.47 bits per heavy atom. The van der Waals surface area contributed by atoms with E-state index in [2.05, 4.69) is 28.7 Å². The average Bonchev–Trinajstić information content (AvgIpc) is 3.48. The second kappa shape index (κ2) is 7.48. The van der Waals surface area contributed by atoms with Crippen molar-refractivity contribution in [2.45, 2.75) is 45.6 Å². The molecule has 0 unspecified atom stereocenters.